The Balaban J connectivity index is 1.45. The molecular weight excluding hydrogens is 340 g/mol. The first-order chi connectivity index (χ1) is 13.1. The summed E-state index contributed by atoms with van der Waals surface area (Å²) in [5, 5.41) is 10.1. The number of hydrogen-bond donors (Lipinski definition) is 2. The molecule has 4 rings (SSSR count). The summed E-state index contributed by atoms with van der Waals surface area (Å²) in [6.45, 7) is 5.20. The van der Waals surface area contributed by atoms with Gasteiger partial charge in [-0.1, -0.05) is 30.3 Å². The second kappa shape index (κ2) is 7.19. The number of benzene rings is 1. The molecule has 2 aromatic heterocycles. The number of anilines is 1. The van der Waals surface area contributed by atoms with Gasteiger partial charge in [0, 0.05) is 36.6 Å². The summed E-state index contributed by atoms with van der Waals surface area (Å²) in [5.41, 5.74) is 4.11. The molecule has 138 valence electrons. The molecule has 7 heteroatoms. The Bertz CT molecular complexity index is 933. The van der Waals surface area contributed by atoms with Gasteiger partial charge in [0.25, 0.3) is 5.91 Å². The van der Waals surface area contributed by atoms with E-state index in [4.69, 9.17) is 4.98 Å². The number of carbonyl (C=O) groups excluding carboxylic acids is 1. The minimum Gasteiger partial charge on any atom is -0.347 e. The molecule has 1 atom stereocenters. The second-order valence-electron chi connectivity index (χ2n) is 6.82. The van der Waals surface area contributed by atoms with Crippen LogP contribution in [0.15, 0.2) is 42.6 Å². The number of rotatable bonds is 4. The van der Waals surface area contributed by atoms with E-state index in [1.54, 1.807) is 6.20 Å². The van der Waals surface area contributed by atoms with Gasteiger partial charge in [0.15, 0.2) is 0 Å². The van der Waals surface area contributed by atoms with Gasteiger partial charge in [-0.15, -0.1) is 0 Å². The molecule has 3 aromatic rings. The highest BCUT2D eigenvalue weighted by molar-refractivity contribution is 5.96. The molecule has 7 nitrogen and oxygen atoms in total. The van der Waals surface area contributed by atoms with Crippen LogP contribution in [0.3, 0.4) is 0 Å². The Morgan fingerprint density at radius 2 is 2.04 bits per heavy atom. The summed E-state index contributed by atoms with van der Waals surface area (Å²) >= 11 is 0. The molecule has 1 amide bonds. The van der Waals surface area contributed by atoms with Crippen LogP contribution in [0.5, 0.6) is 0 Å². The van der Waals surface area contributed by atoms with Crippen LogP contribution in [0.2, 0.25) is 0 Å². The van der Waals surface area contributed by atoms with Crippen LogP contribution in [-0.2, 0) is 0 Å². The van der Waals surface area contributed by atoms with Gasteiger partial charge in [-0.25, -0.2) is 9.97 Å². The minimum absolute atomic E-state index is 0.0650. The number of nitrogens with zero attached hydrogens (tertiary/aromatic N) is 4. The molecule has 0 spiro atoms. The van der Waals surface area contributed by atoms with Crippen LogP contribution >= 0.6 is 0 Å². The molecule has 27 heavy (non-hydrogen) atoms. The van der Waals surface area contributed by atoms with E-state index in [-0.39, 0.29) is 11.9 Å². The molecule has 1 aromatic carbocycles. The Morgan fingerprint density at radius 1 is 1.22 bits per heavy atom. The number of aromatic nitrogens is 4. The van der Waals surface area contributed by atoms with Gasteiger partial charge in [0.1, 0.15) is 0 Å². The normalized spacial score (nSPS) is 16.5. The lowest BCUT2D eigenvalue weighted by Gasteiger charge is -2.17. The summed E-state index contributed by atoms with van der Waals surface area (Å²) in [4.78, 5) is 23.8. The topological polar surface area (TPSA) is 86.8 Å². The highest BCUT2D eigenvalue weighted by atomic mass is 16.1. The van der Waals surface area contributed by atoms with Gasteiger partial charge < -0.3 is 10.2 Å². The number of carbonyl (C=O) groups is 1. The molecule has 1 fully saturated rings. The van der Waals surface area contributed by atoms with Gasteiger partial charge in [0.2, 0.25) is 5.95 Å². The molecule has 0 aliphatic carbocycles. The van der Waals surface area contributed by atoms with E-state index < -0.39 is 0 Å². The van der Waals surface area contributed by atoms with Crippen molar-refractivity contribution in [1.29, 1.82) is 0 Å². The van der Waals surface area contributed by atoms with Gasteiger partial charge in [-0.05, 0) is 26.3 Å². The van der Waals surface area contributed by atoms with Gasteiger partial charge in [-0.2, -0.15) is 5.10 Å². The molecule has 0 bridgehead atoms. The zero-order valence-corrected chi connectivity index (χ0v) is 15.4. The second-order valence-corrected chi connectivity index (χ2v) is 6.82. The third kappa shape index (κ3) is 3.53. The fourth-order valence-electron chi connectivity index (χ4n) is 3.47. The first kappa shape index (κ1) is 17.2. The number of amides is 1. The summed E-state index contributed by atoms with van der Waals surface area (Å²) in [6, 6.07) is 12.0. The van der Waals surface area contributed by atoms with Crippen LogP contribution in [0.25, 0.3) is 11.3 Å². The van der Waals surface area contributed by atoms with Crippen molar-refractivity contribution >= 4 is 11.9 Å². The Kier molecular flexibility index (Phi) is 4.58. The molecule has 0 radical (unpaired) electrons. The Hall–Kier alpha value is -3.22. The number of hydrogen-bond acceptors (Lipinski definition) is 5. The Labute approximate surface area is 157 Å². The predicted octanol–water partition coefficient (Wildman–Crippen LogP) is 2.49. The lowest BCUT2D eigenvalue weighted by atomic mass is 10.1. The molecule has 0 saturated carbocycles. The fraction of sp³-hybridized carbons (Fsp3) is 0.300. The lowest BCUT2D eigenvalue weighted by molar-refractivity contribution is 0.0939. The summed E-state index contributed by atoms with van der Waals surface area (Å²) in [5.74, 6) is 0.619. The first-order valence-corrected chi connectivity index (χ1v) is 9.07. The van der Waals surface area contributed by atoms with Crippen molar-refractivity contribution in [2.24, 2.45) is 0 Å². The average Bonchev–Trinajstić information content (AvgIpc) is 3.29. The molecule has 1 saturated heterocycles. The van der Waals surface area contributed by atoms with Crippen molar-refractivity contribution < 1.29 is 4.79 Å². The molecule has 3 heterocycles. The fourth-order valence-corrected chi connectivity index (χ4v) is 3.47. The van der Waals surface area contributed by atoms with E-state index in [2.05, 4.69) is 25.4 Å². The highest BCUT2D eigenvalue weighted by Gasteiger charge is 2.27. The van der Waals surface area contributed by atoms with Crippen molar-refractivity contribution in [2.45, 2.75) is 26.3 Å². The third-order valence-electron chi connectivity index (χ3n) is 4.87. The van der Waals surface area contributed by atoms with Crippen molar-refractivity contribution in [3.05, 3.63) is 59.5 Å². The van der Waals surface area contributed by atoms with E-state index >= 15 is 0 Å². The van der Waals surface area contributed by atoms with Crippen molar-refractivity contribution in [3.63, 3.8) is 0 Å². The maximum atomic E-state index is 12.6. The maximum absolute atomic E-state index is 12.6. The lowest BCUT2D eigenvalue weighted by Crippen LogP contribution is -2.37. The van der Waals surface area contributed by atoms with Gasteiger partial charge in [-0.3, -0.25) is 9.89 Å². The van der Waals surface area contributed by atoms with Gasteiger partial charge in [0.05, 0.1) is 17.0 Å². The zero-order valence-electron chi connectivity index (χ0n) is 15.4. The third-order valence-corrected chi connectivity index (χ3v) is 4.87. The van der Waals surface area contributed by atoms with Crippen molar-refractivity contribution in [1.82, 2.24) is 25.5 Å². The first-order valence-electron chi connectivity index (χ1n) is 9.07. The van der Waals surface area contributed by atoms with E-state index in [9.17, 15) is 4.79 Å². The van der Waals surface area contributed by atoms with Crippen LogP contribution in [0, 0.1) is 13.8 Å². The smallest absolute Gasteiger partial charge is 0.255 e. The van der Waals surface area contributed by atoms with Crippen LogP contribution in [0.4, 0.5) is 5.95 Å². The monoisotopic (exact) mass is 362 g/mol. The van der Waals surface area contributed by atoms with E-state index in [0.29, 0.717) is 18.1 Å². The maximum Gasteiger partial charge on any atom is 0.255 e. The summed E-state index contributed by atoms with van der Waals surface area (Å²) < 4.78 is 0. The highest BCUT2D eigenvalue weighted by Crippen LogP contribution is 2.21. The number of aryl methyl sites for hydroxylation is 2. The summed E-state index contributed by atoms with van der Waals surface area (Å²) in [7, 11) is 0. The van der Waals surface area contributed by atoms with E-state index in [1.165, 1.54) is 0 Å². The quantitative estimate of drug-likeness (QED) is 0.745. The van der Waals surface area contributed by atoms with Crippen LogP contribution in [-0.4, -0.2) is 45.2 Å². The Morgan fingerprint density at radius 3 is 2.78 bits per heavy atom. The zero-order chi connectivity index (χ0) is 18.8. The van der Waals surface area contributed by atoms with Crippen molar-refractivity contribution in [2.75, 3.05) is 18.0 Å². The van der Waals surface area contributed by atoms with E-state index in [1.807, 2.05) is 50.2 Å². The number of nitrogens with one attached hydrogen (secondary N) is 2. The largest absolute Gasteiger partial charge is 0.347 e. The van der Waals surface area contributed by atoms with Crippen molar-refractivity contribution in [3.8, 4) is 11.3 Å². The standard InChI is InChI=1S/C20H22N6O/c1-13-18(14(2)25-24-13)19(27)22-16-9-11-26(12-16)20-21-10-8-17(23-20)15-6-4-3-5-7-15/h3-8,10,16H,9,11-12H2,1-2H3,(H,22,27)(H,24,25). The number of aromatic amines is 1. The average molecular weight is 362 g/mol. The van der Waals surface area contributed by atoms with E-state index in [0.717, 1.165) is 35.6 Å². The number of H-pyrrole nitrogens is 1. The van der Waals surface area contributed by atoms with Crippen LogP contribution < -0.4 is 10.2 Å². The molecular formula is C20H22N6O. The molecule has 1 aliphatic heterocycles. The predicted molar refractivity (Wildman–Crippen MR) is 104 cm³/mol. The SMILES string of the molecule is Cc1n[nH]c(C)c1C(=O)NC1CCN(c2nccc(-c3ccccc3)n2)C1. The minimum atomic E-state index is -0.0791. The molecule has 2 N–H and O–H groups in total. The van der Waals surface area contributed by atoms with Crippen LogP contribution in [0.1, 0.15) is 28.2 Å². The summed E-state index contributed by atoms with van der Waals surface area (Å²) in [6.07, 6.45) is 2.65. The molecule has 1 aliphatic rings. The molecule has 1 unspecified atom stereocenters. The van der Waals surface area contributed by atoms with Gasteiger partial charge >= 0.3 is 0 Å².